The molecule has 2 nitrogen and oxygen atoms in total. The maximum atomic E-state index is 5.65. The van der Waals surface area contributed by atoms with Gasteiger partial charge in [-0.1, -0.05) is 96.8 Å². The van der Waals surface area contributed by atoms with E-state index in [2.05, 4.69) is 20.8 Å². The van der Waals surface area contributed by atoms with E-state index < -0.39 is 0 Å². The summed E-state index contributed by atoms with van der Waals surface area (Å²) >= 11 is 0. The van der Waals surface area contributed by atoms with E-state index in [4.69, 9.17) is 9.47 Å². The number of ether oxygens (including phenoxy) is 2. The van der Waals surface area contributed by atoms with Crippen LogP contribution in [0, 0.1) is 0 Å². The molecule has 2 heteroatoms. The zero-order valence-corrected chi connectivity index (χ0v) is 17.8. The van der Waals surface area contributed by atoms with E-state index in [1.165, 1.54) is 96.3 Å². The summed E-state index contributed by atoms with van der Waals surface area (Å²) in [7, 11) is 0. The molecular weight excluding hydrogens is 308 g/mol. The van der Waals surface area contributed by atoms with Crippen molar-refractivity contribution in [1.29, 1.82) is 0 Å². The summed E-state index contributed by atoms with van der Waals surface area (Å²) in [6, 6.07) is 0. The molecule has 0 spiro atoms. The SMILES string of the molecule is CCCCCCCCCCCCCCCCCOCCCOC(C)C. The van der Waals surface area contributed by atoms with Crippen molar-refractivity contribution in [2.45, 2.75) is 130 Å². The van der Waals surface area contributed by atoms with Crippen molar-refractivity contribution in [3.63, 3.8) is 0 Å². The van der Waals surface area contributed by atoms with E-state index in [1.54, 1.807) is 0 Å². The maximum absolute atomic E-state index is 5.65. The monoisotopic (exact) mass is 356 g/mol. The molecule has 0 heterocycles. The Hall–Kier alpha value is -0.0800. The molecule has 0 unspecified atom stereocenters. The van der Waals surface area contributed by atoms with Gasteiger partial charge in [0.25, 0.3) is 0 Å². The van der Waals surface area contributed by atoms with E-state index in [1.807, 2.05) is 0 Å². The van der Waals surface area contributed by atoms with Crippen molar-refractivity contribution >= 4 is 0 Å². The fraction of sp³-hybridized carbons (Fsp3) is 1.00. The second-order valence-electron chi connectivity index (χ2n) is 7.84. The van der Waals surface area contributed by atoms with Crippen LogP contribution < -0.4 is 0 Å². The highest BCUT2D eigenvalue weighted by Gasteiger charge is 1.96. The van der Waals surface area contributed by atoms with Gasteiger partial charge in [0.1, 0.15) is 0 Å². The van der Waals surface area contributed by atoms with Crippen molar-refractivity contribution in [1.82, 2.24) is 0 Å². The van der Waals surface area contributed by atoms with Gasteiger partial charge < -0.3 is 9.47 Å². The van der Waals surface area contributed by atoms with Crippen LogP contribution in [-0.4, -0.2) is 25.9 Å². The van der Waals surface area contributed by atoms with Crippen LogP contribution in [0.4, 0.5) is 0 Å². The minimum atomic E-state index is 0.343. The summed E-state index contributed by atoms with van der Waals surface area (Å²) in [6.45, 7) is 9.06. The van der Waals surface area contributed by atoms with Crippen LogP contribution in [-0.2, 0) is 9.47 Å². The molecule has 0 amide bonds. The molecule has 0 rings (SSSR count). The Morgan fingerprint density at radius 3 is 1.32 bits per heavy atom. The van der Waals surface area contributed by atoms with Gasteiger partial charge in [-0.3, -0.25) is 0 Å². The molecule has 152 valence electrons. The molecule has 0 atom stereocenters. The van der Waals surface area contributed by atoms with Gasteiger partial charge in [-0.05, 0) is 26.7 Å². The molecule has 0 saturated heterocycles. The van der Waals surface area contributed by atoms with Crippen LogP contribution in [0.1, 0.15) is 124 Å². The first-order valence-corrected chi connectivity index (χ1v) is 11.5. The highest BCUT2D eigenvalue weighted by molar-refractivity contribution is 4.49. The molecule has 0 saturated carbocycles. The van der Waals surface area contributed by atoms with Gasteiger partial charge in [-0.15, -0.1) is 0 Å². The normalized spacial score (nSPS) is 11.5. The number of hydrogen-bond acceptors (Lipinski definition) is 2. The molecule has 0 aliphatic rings. The molecule has 0 radical (unpaired) electrons. The Kier molecular flexibility index (Phi) is 21.9. The third-order valence-corrected chi connectivity index (χ3v) is 4.78. The van der Waals surface area contributed by atoms with Gasteiger partial charge in [0.05, 0.1) is 6.10 Å². The van der Waals surface area contributed by atoms with Gasteiger partial charge in [0, 0.05) is 19.8 Å². The second kappa shape index (κ2) is 22.0. The topological polar surface area (TPSA) is 18.5 Å². The zero-order chi connectivity index (χ0) is 18.4. The quantitative estimate of drug-likeness (QED) is 0.196. The summed E-state index contributed by atoms with van der Waals surface area (Å²) in [5, 5.41) is 0. The lowest BCUT2D eigenvalue weighted by Gasteiger charge is -2.07. The molecular formula is C23H48O2. The first kappa shape index (κ1) is 24.9. The van der Waals surface area contributed by atoms with Crippen molar-refractivity contribution < 1.29 is 9.47 Å². The molecule has 0 aromatic heterocycles. The highest BCUT2D eigenvalue weighted by Crippen LogP contribution is 2.13. The van der Waals surface area contributed by atoms with Crippen LogP contribution in [0.3, 0.4) is 0 Å². The summed E-state index contributed by atoms with van der Waals surface area (Å²) in [5.41, 5.74) is 0. The first-order chi connectivity index (χ1) is 12.3. The minimum absolute atomic E-state index is 0.343. The Bertz CT molecular complexity index is 228. The first-order valence-electron chi connectivity index (χ1n) is 11.5. The molecule has 0 N–H and O–H groups in total. The molecule has 25 heavy (non-hydrogen) atoms. The molecule has 0 aliphatic carbocycles. The van der Waals surface area contributed by atoms with Crippen molar-refractivity contribution in [3.05, 3.63) is 0 Å². The number of unbranched alkanes of at least 4 members (excludes halogenated alkanes) is 14. The summed E-state index contributed by atoms with van der Waals surface area (Å²) in [4.78, 5) is 0. The molecule has 0 aromatic rings. The van der Waals surface area contributed by atoms with E-state index in [9.17, 15) is 0 Å². The molecule has 0 aromatic carbocycles. The lowest BCUT2D eigenvalue weighted by atomic mass is 10.0. The van der Waals surface area contributed by atoms with Gasteiger partial charge in [-0.2, -0.15) is 0 Å². The Morgan fingerprint density at radius 1 is 0.480 bits per heavy atom. The average molecular weight is 357 g/mol. The fourth-order valence-corrected chi connectivity index (χ4v) is 3.16. The summed E-state index contributed by atoms with van der Waals surface area (Å²) in [6.07, 6.45) is 22.6. The summed E-state index contributed by atoms with van der Waals surface area (Å²) < 4.78 is 11.1. The van der Waals surface area contributed by atoms with Crippen molar-refractivity contribution in [2.75, 3.05) is 19.8 Å². The smallest absolute Gasteiger partial charge is 0.0518 e. The van der Waals surface area contributed by atoms with Gasteiger partial charge in [-0.25, -0.2) is 0 Å². The minimum Gasteiger partial charge on any atom is -0.381 e. The van der Waals surface area contributed by atoms with E-state index in [0.29, 0.717) is 6.10 Å². The summed E-state index contributed by atoms with van der Waals surface area (Å²) in [5.74, 6) is 0. The maximum Gasteiger partial charge on any atom is 0.0518 e. The Morgan fingerprint density at radius 2 is 0.880 bits per heavy atom. The Labute approximate surface area is 159 Å². The third kappa shape index (κ3) is 23.9. The number of rotatable bonds is 21. The van der Waals surface area contributed by atoms with Crippen molar-refractivity contribution in [3.8, 4) is 0 Å². The van der Waals surface area contributed by atoms with Crippen LogP contribution in [0.5, 0.6) is 0 Å². The van der Waals surface area contributed by atoms with Crippen LogP contribution >= 0.6 is 0 Å². The molecule has 0 bridgehead atoms. The number of hydrogen-bond donors (Lipinski definition) is 0. The zero-order valence-electron chi connectivity index (χ0n) is 17.8. The second-order valence-corrected chi connectivity index (χ2v) is 7.84. The lowest BCUT2D eigenvalue weighted by Crippen LogP contribution is -2.07. The lowest BCUT2D eigenvalue weighted by molar-refractivity contribution is 0.0507. The van der Waals surface area contributed by atoms with Crippen LogP contribution in [0.2, 0.25) is 0 Å². The van der Waals surface area contributed by atoms with Crippen LogP contribution in [0.25, 0.3) is 0 Å². The average Bonchev–Trinajstić information content (AvgIpc) is 2.60. The molecule has 0 aliphatic heterocycles. The fourth-order valence-electron chi connectivity index (χ4n) is 3.16. The Balaban J connectivity index is 2.96. The van der Waals surface area contributed by atoms with E-state index in [-0.39, 0.29) is 0 Å². The molecule has 0 fully saturated rings. The van der Waals surface area contributed by atoms with Gasteiger partial charge in [0.2, 0.25) is 0 Å². The van der Waals surface area contributed by atoms with Gasteiger partial charge >= 0.3 is 0 Å². The highest BCUT2D eigenvalue weighted by atomic mass is 16.5. The predicted octanol–water partition coefficient (Wildman–Crippen LogP) is 7.69. The van der Waals surface area contributed by atoms with Gasteiger partial charge in [0.15, 0.2) is 0 Å². The largest absolute Gasteiger partial charge is 0.381 e. The van der Waals surface area contributed by atoms with Crippen molar-refractivity contribution in [2.24, 2.45) is 0 Å². The predicted molar refractivity (Wildman–Crippen MR) is 111 cm³/mol. The van der Waals surface area contributed by atoms with E-state index >= 15 is 0 Å². The van der Waals surface area contributed by atoms with Crippen LogP contribution in [0.15, 0.2) is 0 Å². The van der Waals surface area contributed by atoms with E-state index in [0.717, 1.165) is 26.2 Å². The third-order valence-electron chi connectivity index (χ3n) is 4.78. The standard InChI is InChI=1S/C23H48O2/c1-4-5-6-7-8-9-10-11-12-13-14-15-16-17-18-20-24-21-19-22-25-23(2)3/h23H,4-22H2,1-3H3.